The highest BCUT2D eigenvalue weighted by Gasteiger charge is 2.30. The van der Waals surface area contributed by atoms with Gasteiger partial charge >= 0.3 is 6.18 Å². The molecule has 2 aromatic carbocycles. The van der Waals surface area contributed by atoms with E-state index >= 15 is 0 Å². The Morgan fingerprint density at radius 2 is 1.83 bits per heavy atom. The zero-order chi connectivity index (χ0) is 17.2. The predicted octanol–water partition coefficient (Wildman–Crippen LogP) is 5.05. The average molecular weight is 337 g/mol. The Morgan fingerprint density at radius 1 is 1.04 bits per heavy atom. The molecule has 1 N–H and O–H groups in total. The molecule has 0 amide bonds. The number of halogens is 4. The molecule has 0 saturated heterocycles. The zero-order valence-corrected chi connectivity index (χ0v) is 13.2. The highest BCUT2D eigenvalue weighted by molar-refractivity contribution is 5.29. The SMILES string of the molecule is Fc1cc(C2CC2)ccc1CNCCc1cccc(C(F)(F)F)c1. The fourth-order valence-corrected chi connectivity index (χ4v) is 2.74. The summed E-state index contributed by atoms with van der Waals surface area (Å²) in [5.74, 6) is 0.299. The fourth-order valence-electron chi connectivity index (χ4n) is 2.74. The summed E-state index contributed by atoms with van der Waals surface area (Å²) in [6, 6.07) is 10.7. The van der Waals surface area contributed by atoms with E-state index in [2.05, 4.69) is 5.32 Å². The molecule has 5 heteroatoms. The van der Waals surface area contributed by atoms with Crippen molar-refractivity contribution in [1.82, 2.24) is 5.32 Å². The third kappa shape index (κ3) is 4.35. The molecule has 1 nitrogen and oxygen atoms in total. The van der Waals surface area contributed by atoms with Gasteiger partial charge in [-0.2, -0.15) is 13.2 Å². The van der Waals surface area contributed by atoms with Gasteiger partial charge in [0.1, 0.15) is 5.82 Å². The molecule has 0 heterocycles. The highest BCUT2D eigenvalue weighted by atomic mass is 19.4. The summed E-state index contributed by atoms with van der Waals surface area (Å²) >= 11 is 0. The molecule has 0 atom stereocenters. The van der Waals surface area contributed by atoms with Gasteiger partial charge in [-0.1, -0.05) is 30.3 Å². The van der Waals surface area contributed by atoms with Crippen LogP contribution >= 0.6 is 0 Å². The molecule has 1 aliphatic rings. The highest BCUT2D eigenvalue weighted by Crippen LogP contribution is 2.40. The van der Waals surface area contributed by atoms with Crippen molar-refractivity contribution < 1.29 is 17.6 Å². The normalized spacial score (nSPS) is 14.8. The van der Waals surface area contributed by atoms with Crippen molar-refractivity contribution in [1.29, 1.82) is 0 Å². The van der Waals surface area contributed by atoms with Crippen LogP contribution < -0.4 is 5.32 Å². The summed E-state index contributed by atoms with van der Waals surface area (Å²) in [6.07, 6.45) is -1.59. The summed E-state index contributed by atoms with van der Waals surface area (Å²) in [5, 5.41) is 3.09. The molecule has 1 aliphatic carbocycles. The van der Waals surface area contributed by atoms with E-state index in [9.17, 15) is 17.6 Å². The molecule has 0 bridgehead atoms. The van der Waals surface area contributed by atoms with Crippen LogP contribution in [0.3, 0.4) is 0 Å². The maximum Gasteiger partial charge on any atom is 0.416 e. The van der Waals surface area contributed by atoms with Crippen LogP contribution in [0, 0.1) is 5.82 Å². The fraction of sp³-hybridized carbons (Fsp3) is 0.368. The lowest BCUT2D eigenvalue weighted by atomic mass is 10.1. The van der Waals surface area contributed by atoms with Crippen LogP contribution in [0.4, 0.5) is 17.6 Å². The molecule has 3 rings (SSSR count). The van der Waals surface area contributed by atoms with Crippen molar-refractivity contribution in [2.45, 2.75) is 37.9 Å². The lowest BCUT2D eigenvalue weighted by Crippen LogP contribution is -2.18. The van der Waals surface area contributed by atoms with Crippen LogP contribution in [0.1, 0.15) is 41.0 Å². The van der Waals surface area contributed by atoms with Crippen LogP contribution in [-0.2, 0) is 19.1 Å². The van der Waals surface area contributed by atoms with Gasteiger partial charge in [-0.3, -0.25) is 0 Å². The van der Waals surface area contributed by atoms with Crippen molar-refractivity contribution in [3.8, 4) is 0 Å². The Balaban J connectivity index is 1.50. The van der Waals surface area contributed by atoms with Gasteiger partial charge in [0.2, 0.25) is 0 Å². The Hall–Kier alpha value is -1.88. The summed E-state index contributed by atoms with van der Waals surface area (Å²) in [6.45, 7) is 0.862. The van der Waals surface area contributed by atoms with Crippen LogP contribution in [-0.4, -0.2) is 6.54 Å². The minimum atomic E-state index is -4.32. The molecular weight excluding hydrogens is 318 g/mol. The zero-order valence-electron chi connectivity index (χ0n) is 13.2. The largest absolute Gasteiger partial charge is 0.416 e. The quantitative estimate of drug-likeness (QED) is 0.574. The summed E-state index contributed by atoms with van der Waals surface area (Å²) in [4.78, 5) is 0. The average Bonchev–Trinajstić information content (AvgIpc) is 3.37. The van der Waals surface area contributed by atoms with Gasteiger partial charge < -0.3 is 5.32 Å². The topological polar surface area (TPSA) is 12.0 Å². The predicted molar refractivity (Wildman–Crippen MR) is 85.2 cm³/mol. The molecule has 1 saturated carbocycles. The van der Waals surface area contributed by atoms with Crippen LogP contribution in [0.5, 0.6) is 0 Å². The summed E-state index contributed by atoms with van der Waals surface area (Å²) < 4.78 is 52.0. The molecule has 0 aliphatic heterocycles. The monoisotopic (exact) mass is 337 g/mol. The van der Waals surface area contributed by atoms with Crippen molar-refractivity contribution in [2.24, 2.45) is 0 Å². The lowest BCUT2D eigenvalue weighted by molar-refractivity contribution is -0.137. The van der Waals surface area contributed by atoms with Gasteiger partial charge in [-0.25, -0.2) is 4.39 Å². The van der Waals surface area contributed by atoms with E-state index in [0.717, 1.165) is 30.5 Å². The molecule has 24 heavy (non-hydrogen) atoms. The van der Waals surface area contributed by atoms with E-state index in [0.29, 0.717) is 36.6 Å². The minimum absolute atomic E-state index is 0.217. The summed E-state index contributed by atoms with van der Waals surface area (Å²) in [5.41, 5.74) is 1.62. The number of benzene rings is 2. The number of hydrogen-bond donors (Lipinski definition) is 1. The third-order valence-corrected chi connectivity index (χ3v) is 4.29. The van der Waals surface area contributed by atoms with E-state index in [1.165, 1.54) is 6.07 Å². The first-order valence-electron chi connectivity index (χ1n) is 8.08. The summed E-state index contributed by atoms with van der Waals surface area (Å²) in [7, 11) is 0. The molecule has 128 valence electrons. The molecule has 0 spiro atoms. The number of alkyl halides is 3. The lowest BCUT2D eigenvalue weighted by Gasteiger charge is -2.10. The Labute approximate surface area is 138 Å². The van der Waals surface area contributed by atoms with Gasteiger partial charge in [-0.15, -0.1) is 0 Å². The molecular formula is C19H19F4N. The Morgan fingerprint density at radius 3 is 2.50 bits per heavy atom. The second kappa shape index (κ2) is 6.93. The maximum absolute atomic E-state index is 14.0. The minimum Gasteiger partial charge on any atom is -0.312 e. The Kier molecular flexibility index (Phi) is 4.90. The van der Waals surface area contributed by atoms with E-state index in [4.69, 9.17) is 0 Å². The molecule has 2 aromatic rings. The van der Waals surface area contributed by atoms with Gasteiger partial charge in [0, 0.05) is 12.1 Å². The standard InChI is InChI=1S/C19H19F4N/c20-18-11-15(14-4-5-14)6-7-16(18)12-24-9-8-13-2-1-3-17(10-13)19(21,22)23/h1-3,6-7,10-11,14,24H,4-5,8-9,12H2. The second-order valence-corrected chi connectivity index (χ2v) is 6.25. The van der Waals surface area contributed by atoms with Crippen molar-refractivity contribution in [3.63, 3.8) is 0 Å². The first-order chi connectivity index (χ1) is 11.4. The first kappa shape index (κ1) is 17.0. The van der Waals surface area contributed by atoms with Crippen LogP contribution in [0.25, 0.3) is 0 Å². The first-order valence-corrected chi connectivity index (χ1v) is 8.08. The third-order valence-electron chi connectivity index (χ3n) is 4.29. The van der Waals surface area contributed by atoms with Crippen LogP contribution in [0.15, 0.2) is 42.5 Å². The smallest absolute Gasteiger partial charge is 0.312 e. The van der Waals surface area contributed by atoms with Gasteiger partial charge in [0.25, 0.3) is 0 Å². The van der Waals surface area contributed by atoms with Crippen LogP contribution in [0.2, 0.25) is 0 Å². The second-order valence-electron chi connectivity index (χ2n) is 6.25. The molecule has 0 radical (unpaired) electrons. The van der Waals surface area contributed by atoms with E-state index in [1.807, 2.05) is 6.07 Å². The number of hydrogen-bond acceptors (Lipinski definition) is 1. The molecule has 0 unspecified atom stereocenters. The van der Waals surface area contributed by atoms with E-state index < -0.39 is 11.7 Å². The van der Waals surface area contributed by atoms with E-state index in [1.54, 1.807) is 18.2 Å². The van der Waals surface area contributed by atoms with Gasteiger partial charge in [0.15, 0.2) is 0 Å². The Bertz CT molecular complexity index is 705. The van der Waals surface area contributed by atoms with Crippen molar-refractivity contribution in [3.05, 3.63) is 70.5 Å². The number of rotatable bonds is 6. The van der Waals surface area contributed by atoms with Crippen molar-refractivity contribution in [2.75, 3.05) is 6.54 Å². The number of nitrogens with one attached hydrogen (secondary N) is 1. The maximum atomic E-state index is 14.0. The van der Waals surface area contributed by atoms with Gasteiger partial charge in [-0.05, 0) is 55.0 Å². The van der Waals surface area contributed by atoms with Gasteiger partial charge in [0.05, 0.1) is 5.56 Å². The van der Waals surface area contributed by atoms with E-state index in [-0.39, 0.29) is 5.82 Å². The molecule has 1 fully saturated rings. The molecule has 0 aromatic heterocycles. The van der Waals surface area contributed by atoms with Crippen molar-refractivity contribution >= 4 is 0 Å².